The van der Waals surface area contributed by atoms with Crippen LogP contribution in [0.25, 0.3) is 0 Å². The lowest BCUT2D eigenvalue weighted by atomic mass is 9.69. The molecule has 1 aliphatic carbocycles. The number of fused-ring (bicyclic) bond motifs is 1. The van der Waals surface area contributed by atoms with Gasteiger partial charge in [-0.1, -0.05) is 24.6 Å². The predicted octanol–water partition coefficient (Wildman–Crippen LogP) is 3.23. The molecule has 12 nitrogen and oxygen atoms in total. The molecule has 0 fully saturated rings. The Morgan fingerprint density at radius 1 is 1.05 bits per heavy atom. The quantitative estimate of drug-likeness (QED) is 0.291. The monoisotopic (exact) mass is 616 g/mol. The Hall–Kier alpha value is -4.45. The topological polar surface area (TPSA) is 170 Å². The summed E-state index contributed by atoms with van der Waals surface area (Å²) >= 11 is 6.53. The van der Waals surface area contributed by atoms with Crippen LogP contribution in [-0.2, 0) is 14.4 Å². The number of ketones is 2. The van der Waals surface area contributed by atoms with Gasteiger partial charge in [0.1, 0.15) is 22.1 Å². The molecule has 0 aromatic heterocycles. The van der Waals surface area contributed by atoms with Crippen LogP contribution >= 0.6 is 11.6 Å². The van der Waals surface area contributed by atoms with E-state index in [0.29, 0.717) is 5.56 Å². The fourth-order valence-electron chi connectivity index (χ4n) is 5.53. The Balaban J connectivity index is 1.86. The number of aliphatic hydroxyl groups excluding tert-OH is 1. The first-order valence-corrected chi connectivity index (χ1v) is 13.8. The highest BCUT2D eigenvalue weighted by molar-refractivity contribution is 6.35. The Labute approximate surface area is 252 Å². The van der Waals surface area contributed by atoms with Crippen LogP contribution in [0.2, 0.25) is 5.02 Å². The summed E-state index contributed by atoms with van der Waals surface area (Å²) in [5.41, 5.74) is -1.91. The van der Waals surface area contributed by atoms with Gasteiger partial charge in [-0.3, -0.25) is 19.2 Å². The number of hydrogen-bond acceptors (Lipinski definition) is 10. The third-order valence-electron chi connectivity index (χ3n) is 7.68. The van der Waals surface area contributed by atoms with E-state index < -0.39 is 40.7 Å². The molecule has 230 valence electrons. The van der Waals surface area contributed by atoms with Gasteiger partial charge < -0.3 is 39.8 Å². The van der Waals surface area contributed by atoms with Crippen LogP contribution in [0.1, 0.15) is 48.5 Å². The third-order valence-corrected chi connectivity index (χ3v) is 8.03. The molecule has 0 saturated heterocycles. The van der Waals surface area contributed by atoms with Crippen molar-refractivity contribution in [1.29, 1.82) is 0 Å². The number of nitrogens with one attached hydrogen (secondary N) is 2. The predicted molar refractivity (Wildman–Crippen MR) is 154 cm³/mol. The van der Waals surface area contributed by atoms with E-state index in [1.807, 2.05) is 0 Å². The maximum absolute atomic E-state index is 14.2. The van der Waals surface area contributed by atoms with Gasteiger partial charge in [0.25, 0.3) is 0 Å². The van der Waals surface area contributed by atoms with E-state index in [0.717, 1.165) is 0 Å². The Morgan fingerprint density at radius 2 is 1.70 bits per heavy atom. The molecule has 2 aromatic carbocycles. The maximum Gasteiger partial charge on any atom is 0.231 e. The number of carbonyl (C=O) groups is 4. The SMILES string of the molecule is COc1cc(C(CC(=O)NCCNC(C)=O)C2=C(O)[C@@]3(Oc4c(Cl)c(OC)cc(OC)c4C3=O)[C@H](C)CC2=O)ccc1O. The number of amides is 2. The molecule has 0 saturated carbocycles. The van der Waals surface area contributed by atoms with E-state index in [9.17, 15) is 29.4 Å². The first-order valence-electron chi connectivity index (χ1n) is 13.4. The van der Waals surface area contributed by atoms with Crippen LogP contribution in [0.4, 0.5) is 0 Å². The van der Waals surface area contributed by atoms with Gasteiger partial charge in [0.15, 0.2) is 28.8 Å². The molecule has 0 radical (unpaired) electrons. The van der Waals surface area contributed by atoms with Crippen molar-refractivity contribution in [1.82, 2.24) is 10.6 Å². The number of aliphatic hydroxyl groups is 1. The van der Waals surface area contributed by atoms with E-state index >= 15 is 0 Å². The minimum Gasteiger partial charge on any atom is -0.507 e. The number of phenolic OH excluding ortho intramolecular Hbond substituents is 1. The first kappa shape index (κ1) is 31.5. The van der Waals surface area contributed by atoms with E-state index in [1.54, 1.807) is 6.92 Å². The number of rotatable bonds is 10. The first-order chi connectivity index (χ1) is 20.4. The largest absolute Gasteiger partial charge is 0.507 e. The Kier molecular flexibility index (Phi) is 9.09. The average Bonchev–Trinajstić information content (AvgIpc) is 3.29. The van der Waals surface area contributed by atoms with E-state index in [-0.39, 0.29) is 76.7 Å². The molecule has 0 bridgehead atoms. The molecule has 4 rings (SSSR count). The lowest BCUT2D eigenvalue weighted by Crippen LogP contribution is -2.53. The minimum atomic E-state index is -2.05. The van der Waals surface area contributed by atoms with Crippen LogP contribution in [-0.4, -0.2) is 73.6 Å². The highest BCUT2D eigenvalue weighted by Gasteiger charge is 2.61. The third kappa shape index (κ3) is 5.54. The molecular weight excluding hydrogens is 584 g/mol. The van der Waals surface area contributed by atoms with Gasteiger partial charge in [-0.05, 0) is 17.7 Å². The number of methoxy groups -OCH3 is 3. The molecule has 13 heteroatoms. The highest BCUT2D eigenvalue weighted by atomic mass is 35.5. The van der Waals surface area contributed by atoms with Crippen molar-refractivity contribution >= 4 is 35.0 Å². The molecule has 2 aromatic rings. The molecule has 1 unspecified atom stereocenters. The van der Waals surface area contributed by atoms with Crippen molar-refractivity contribution in [3.05, 3.63) is 51.7 Å². The van der Waals surface area contributed by atoms with Gasteiger partial charge in [0, 0.05) is 56.3 Å². The van der Waals surface area contributed by atoms with Crippen LogP contribution in [0, 0.1) is 5.92 Å². The molecule has 4 N–H and O–H groups in total. The Bertz CT molecular complexity index is 1520. The van der Waals surface area contributed by atoms with Gasteiger partial charge in [0.2, 0.25) is 23.2 Å². The molecule has 1 aliphatic heterocycles. The zero-order valence-electron chi connectivity index (χ0n) is 24.3. The molecule has 1 heterocycles. The van der Waals surface area contributed by atoms with Crippen molar-refractivity contribution in [2.24, 2.45) is 5.92 Å². The summed E-state index contributed by atoms with van der Waals surface area (Å²) in [6, 6.07) is 5.70. The number of phenols is 1. The standard InChI is InChI=1S/C30H33ClN2O10/c1-14-10-19(36)24(28(38)30(14)29(39)25-21(41-4)13-22(42-5)26(31)27(25)43-30)17(12-23(37)33-9-8-32-15(2)34)16-6-7-18(35)20(11-16)40-3/h6-7,11,13-14,17,35,38H,8-10,12H2,1-5H3,(H,32,34)(H,33,37)/t14-,17?,30+/m1/s1. The summed E-state index contributed by atoms with van der Waals surface area (Å²) in [5, 5.41) is 27.4. The summed E-state index contributed by atoms with van der Waals surface area (Å²) in [6.07, 6.45) is -0.533. The summed E-state index contributed by atoms with van der Waals surface area (Å²) in [6.45, 7) is 3.24. The minimum absolute atomic E-state index is 0.0136. The fourth-order valence-corrected chi connectivity index (χ4v) is 5.80. The summed E-state index contributed by atoms with van der Waals surface area (Å²) in [4.78, 5) is 52.1. The summed E-state index contributed by atoms with van der Waals surface area (Å²) in [7, 11) is 4.08. The van der Waals surface area contributed by atoms with Crippen LogP contribution < -0.4 is 29.6 Å². The number of aromatic hydroxyl groups is 1. The van der Waals surface area contributed by atoms with Crippen molar-refractivity contribution in [3.63, 3.8) is 0 Å². The zero-order valence-corrected chi connectivity index (χ0v) is 25.1. The van der Waals surface area contributed by atoms with Crippen LogP contribution in [0.15, 0.2) is 35.6 Å². The number of Topliss-reactive ketones (excluding diaryl/α,β-unsaturated/α-hetero) is 2. The molecule has 2 aliphatic rings. The fraction of sp³-hybridized carbons (Fsp3) is 0.400. The second-order valence-corrected chi connectivity index (χ2v) is 10.7. The van der Waals surface area contributed by atoms with E-state index in [1.165, 1.54) is 52.5 Å². The number of carbonyl (C=O) groups excluding carboxylic acids is 4. The van der Waals surface area contributed by atoms with Crippen molar-refractivity contribution < 1.29 is 48.3 Å². The lowest BCUT2D eigenvalue weighted by Gasteiger charge is -2.38. The number of ether oxygens (including phenoxy) is 4. The van der Waals surface area contributed by atoms with Crippen molar-refractivity contribution in [3.8, 4) is 28.7 Å². The molecule has 2 amide bonds. The average molecular weight is 617 g/mol. The molecule has 3 atom stereocenters. The van der Waals surface area contributed by atoms with E-state index in [4.69, 9.17) is 30.5 Å². The highest BCUT2D eigenvalue weighted by Crippen LogP contribution is 2.56. The summed E-state index contributed by atoms with van der Waals surface area (Å²) < 4.78 is 22.2. The lowest BCUT2D eigenvalue weighted by molar-refractivity contribution is -0.122. The molecule has 43 heavy (non-hydrogen) atoms. The second-order valence-electron chi connectivity index (χ2n) is 10.3. The second kappa shape index (κ2) is 12.4. The van der Waals surface area contributed by atoms with Gasteiger partial charge >= 0.3 is 0 Å². The van der Waals surface area contributed by atoms with Gasteiger partial charge in [-0.2, -0.15) is 0 Å². The number of hydrogen-bond donors (Lipinski definition) is 4. The van der Waals surface area contributed by atoms with Crippen molar-refractivity contribution in [2.45, 2.75) is 38.2 Å². The van der Waals surface area contributed by atoms with Gasteiger partial charge in [-0.25, -0.2) is 0 Å². The maximum atomic E-state index is 14.2. The molecule has 1 spiro atoms. The summed E-state index contributed by atoms with van der Waals surface area (Å²) in [5.74, 6) is -4.38. The normalized spacial score (nSPS) is 19.9. The number of allylic oxidation sites excluding steroid dienone is 1. The van der Waals surface area contributed by atoms with E-state index in [2.05, 4.69) is 10.6 Å². The van der Waals surface area contributed by atoms with Crippen LogP contribution in [0.5, 0.6) is 28.7 Å². The van der Waals surface area contributed by atoms with Gasteiger partial charge in [-0.15, -0.1) is 0 Å². The zero-order chi connectivity index (χ0) is 31.6. The van der Waals surface area contributed by atoms with Gasteiger partial charge in [0.05, 0.1) is 21.3 Å². The smallest absolute Gasteiger partial charge is 0.231 e. The van der Waals surface area contributed by atoms with Crippen molar-refractivity contribution in [2.75, 3.05) is 34.4 Å². The number of benzene rings is 2. The Morgan fingerprint density at radius 3 is 2.33 bits per heavy atom. The molecular formula is C30H33ClN2O10. The van der Waals surface area contributed by atoms with Crippen LogP contribution in [0.3, 0.4) is 0 Å². The number of halogens is 1.